The van der Waals surface area contributed by atoms with E-state index in [0.29, 0.717) is 10.5 Å². The minimum Gasteiger partial charge on any atom is -0.253 e. The van der Waals surface area contributed by atoms with Gasteiger partial charge in [-0.15, -0.1) is 13.2 Å². The van der Waals surface area contributed by atoms with Crippen LogP contribution in [-0.4, -0.2) is 6.30 Å². The number of rotatable bonds is 2. The topological polar surface area (TPSA) is 3.24 Å². The van der Waals surface area contributed by atoms with Gasteiger partial charge in [-0.3, -0.25) is 4.90 Å². The van der Waals surface area contributed by atoms with Crippen molar-refractivity contribution in [3.05, 3.63) is 60.2 Å². The van der Waals surface area contributed by atoms with Gasteiger partial charge in [0.15, 0.2) is 0 Å². The largest absolute Gasteiger partial charge is 0.489 e. The predicted octanol–water partition coefficient (Wildman–Crippen LogP) is 4.45. The Kier molecular flexibility index (Phi) is 3.28. The number of hydrogen-bond acceptors (Lipinski definition) is 1. The third kappa shape index (κ3) is 2.47. The molecule has 0 N–H and O–H groups in total. The van der Waals surface area contributed by atoms with Gasteiger partial charge in [-0.1, -0.05) is 30.3 Å². The van der Waals surface area contributed by atoms with Crippen molar-refractivity contribution in [2.24, 2.45) is 0 Å². The van der Waals surface area contributed by atoms with Crippen molar-refractivity contribution in [3.63, 3.8) is 0 Å². The van der Waals surface area contributed by atoms with Crippen LogP contribution in [0.25, 0.3) is 0 Å². The summed E-state index contributed by atoms with van der Waals surface area (Å²) in [5.74, 6) is 0. The summed E-state index contributed by atoms with van der Waals surface area (Å²) >= 11 is 0. The molecule has 0 unspecified atom stereocenters. The van der Waals surface area contributed by atoms with Crippen LogP contribution in [0.15, 0.2) is 48.5 Å². The number of aryl methyl sites for hydroxylation is 1. The van der Waals surface area contributed by atoms with Crippen LogP contribution in [0, 0.1) is 13.0 Å². The van der Waals surface area contributed by atoms with Crippen LogP contribution in [0.2, 0.25) is 0 Å². The van der Waals surface area contributed by atoms with Crippen LogP contribution >= 0.6 is 0 Å². The lowest BCUT2D eigenvalue weighted by Gasteiger charge is -2.28. The molecule has 0 spiro atoms. The zero-order chi connectivity index (χ0) is 13.2. The van der Waals surface area contributed by atoms with Gasteiger partial charge >= 0.3 is 6.30 Å². The molecule has 2 aromatic carbocycles. The molecule has 4 heteroatoms. The van der Waals surface area contributed by atoms with Crippen molar-refractivity contribution in [1.82, 2.24) is 0 Å². The molecule has 0 aliphatic rings. The second-order valence-electron chi connectivity index (χ2n) is 3.82. The number of anilines is 2. The number of para-hydroxylation sites is 1. The molecule has 0 bridgehead atoms. The highest BCUT2D eigenvalue weighted by molar-refractivity contribution is 5.66. The van der Waals surface area contributed by atoms with Gasteiger partial charge in [0.05, 0.1) is 5.69 Å². The molecular weight excluding hydrogens is 239 g/mol. The third-order valence-electron chi connectivity index (χ3n) is 2.54. The van der Waals surface area contributed by atoms with E-state index in [1.807, 2.05) is 0 Å². The fourth-order valence-electron chi connectivity index (χ4n) is 1.75. The molecule has 0 aromatic heterocycles. The average Bonchev–Trinajstić information content (AvgIpc) is 2.32. The van der Waals surface area contributed by atoms with Gasteiger partial charge in [-0.05, 0) is 36.8 Å². The Morgan fingerprint density at radius 3 is 2.22 bits per heavy atom. The Morgan fingerprint density at radius 2 is 1.67 bits per heavy atom. The van der Waals surface area contributed by atoms with Crippen molar-refractivity contribution < 1.29 is 13.2 Å². The van der Waals surface area contributed by atoms with Crippen LogP contribution in [0.3, 0.4) is 0 Å². The zero-order valence-corrected chi connectivity index (χ0v) is 9.70. The van der Waals surface area contributed by atoms with E-state index in [1.165, 1.54) is 18.2 Å². The van der Waals surface area contributed by atoms with Gasteiger partial charge < -0.3 is 0 Å². The molecule has 2 rings (SSSR count). The molecular formula is C14H11F3N. The van der Waals surface area contributed by atoms with E-state index in [-0.39, 0.29) is 11.4 Å². The highest BCUT2D eigenvalue weighted by atomic mass is 19.4. The van der Waals surface area contributed by atoms with Crippen molar-refractivity contribution in [1.29, 1.82) is 0 Å². The first kappa shape index (κ1) is 12.5. The van der Waals surface area contributed by atoms with Gasteiger partial charge in [-0.25, -0.2) is 0 Å². The lowest BCUT2D eigenvalue weighted by atomic mass is 10.1. The molecule has 1 radical (unpaired) electrons. The van der Waals surface area contributed by atoms with Crippen molar-refractivity contribution >= 4 is 11.4 Å². The van der Waals surface area contributed by atoms with E-state index in [0.717, 1.165) is 0 Å². The van der Waals surface area contributed by atoms with Gasteiger partial charge in [0.25, 0.3) is 0 Å². The minimum absolute atomic E-state index is 0.0905. The Bertz CT molecular complexity index is 520. The fourth-order valence-corrected chi connectivity index (χ4v) is 1.75. The number of benzene rings is 2. The second-order valence-corrected chi connectivity index (χ2v) is 3.82. The highest BCUT2D eigenvalue weighted by Crippen LogP contribution is 2.37. The standard InChI is InChI=1S/C14H11F3N/c1-11-7-5-6-10-13(11)18(14(15,16)17)12-8-3-2-4-9-12/h2-6,8-10H,1H3. The molecule has 0 saturated carbocycles. The molecule has 93 valence electrons. The molecule has 0 aliphatic carbocycles. The van der Waals surface area contributed by atoms with Crippen LogP contribution in [-0.2, 0) is 0 Å². The lowest BCUT2D eigenvalue weighted by Crippen LogP contribution is -2.34. The molecule has 0 saturated heterocycles. The SMILES string of the molecule is Cc1[c]cccc1N(c1ccccc1)C(F)(F)F. The summed E-state index contributed by atoms with van der Waals surface area (Å²) in [6, 6.07) is 15.1. The third-order valence-corrected chi connectivity index (χ3v) is 2.54. The van der Waals surface area contributed by atoms with E-state index in [4.69, 9.17) is 0 Å². The van der Waals surface area contributed by atoms with Gasteiger partial charge in [0.1, 0.15) is 0 Å². The smallest absolute Gasteiger partial charge is 0.253 e. The summed E-state index contributed by atoms with van der Waals surface area (Å²) in [4.78, 5) is 0.360. The normalized spacial score (nSPS) is 11.3. The summed E-state index contributed by atoms with van der Waals surface area (Å²) < 4.78 is 39.6. The number of alkyl halides is 3. The molecule has 0 atom stereocenters. The first-order chi connectivity index (χ1) is 8.50. The first-order valence-corrected chi connectivity index (χ1v) is 5.39. The average molecular weight is 250 g/mol. The Balaban J connectivity index is 2.55. The molecule has 0 fully saturated rings. The summed E-state index contributed by atoms with van der Waals surface area (Å²) in [7, 11) is 0. The van der Waals surface area contributed by atoms with E-state index in [1.54, 1.807) is 37.3 Å². The van der Waals surface area contributed by atoms with E-state index in [9.17, 15) is 13.2 Å². The molecule has 0 heterocycles. The zero-order valence-electron chi connectivity index (χ0n) is 9.70. The van der Waals surface area contributed by atoms with Crippen LogP contribution < -0.4 is 4.90 Å². The quantitative estimate of drug-likeness (QED) is 0.711. The molecule has 0 aliphatic heterocycles. The lowest BCUT2D eigenvalue weighted by molar-refractivity contribution is -0.120. The van der Waals surface area contributed by atoms with E-state index >= 15 is 0 Å². The number of nitrogens with zero attached hydrogens (tertiary/aromatic N) is 1. The Labute approximate surface area is 103 Å². The van der Waals surface area contributed by atoms with Crippen LogP contribution in [0.1, 0.15) is 5.56 Å². The van der Waals surface area contributed by atoms with Crippen LogP contribution in [0.4, 0.5) is 24.5 Å². The van der Waals surface area contributed by atoms with Gasteiger partial charge in [0.2, 0.25) is 0 Å². The Hall–Kier alpha value is -1.97. The summed E-state index contributed by atoms with van der Waals surface area (Å²) in [5, 5.41) is 0. The monoisotopic (exact) mass is 250 g/mol. The highest BCUT2D eigenvalue weighted by Gasteiger charge is 2.39. The predicted molar refractivity (Wildman–Crippen MR) is 64.7 cm³/mol. The molecule has 1 nitrogen and oxygen atoms in total. The second kappa shape index (κ2) is 4.72. The van der Waals surface area contributed by atoms with E-state index in [2.05, 4.69) is 6.07 Å². The molecule has 0 amide bonds. The summed E-state index contributed by atoms with van der Waals surface area (Å²) in [6.07, 6.45) is -4.47. The Morgan fingerprint density at radius 1 is 1.00 bits per heavy atom. The van der Waals surface area contributed by atoms with Gasteiger partial charge in [-0.2, -0.15) is 0 Å². The summed E-state index contributed by atoms with van der Waals surface area (Å²) in [6.45, 7) is 1.61. The molecule has 18 heavy (non-hydrogen) atoms. The number of hydrogen-bond donors (Lipinski definition) is 0. The van der Waals surface area contributed by atoms with Crippen molar-refractivity contribution in [2.45, 2.75) is 13.2 Å². The van der Waals surface area contributed by atoms with Crippen LogP contribution in [0.5, 0.6) is 0 Å². The van der Waals surface area contributed by atoms with E-state index < -0.39 is 6.30 Å². The maximum absolute atomic E-state index is 13.2. The van der Waals surface area contributed by atoms with Crippen molar-refractivity contribution in [3.8, 4) is 0 Å². The fraction of sp³-hybridized carbons (Fsp3) is 0.143. The molecule has 2 aromatic rings. The first-order valence-electron chi connectivity index (χ1n) is 5.39. The minimum atomic E-state index is -4.47. The van der Waals surface area contributed by atoms with Gasteiger partial charge in [0, 0.05) is 5.69 Å². The summed E-state index contributed by atoms with van der Waals surface area (Å²) in [5.41, 5.74) is 0.641. The maximum Gasteiger partial charge on any atom is 0.489 e. The van der Waals surface area contributed by atoms with Crippen molar-refractivity contribution in [2.75, 3.05) is 4.90 Å². The maximum atomic E-state index is 13.2. The number of halogens is 3.